The summed E-state index contributed by atoms with van der Waals surface area (Å²) in [4.78, 5) is 39.7. The van der Waals surface area contributed by atoms with Gasteiger partial charge in [-0.15, -0.1) is 0 Å². The Bertz CT molecular complexity index is 1030. The molecule has 0 unspecified atom stereocenters. The second-order valence-electron chi connectivity index (χ2n) is 9.35. The number of Topliss-reactive ketones (excluding diaryl/α,β-unsaturated/α-hetero) is 1. The molecule has 0 aromatic heterocycles. The van der Waals surface area contributed by atoms with Gasteiger partial charge in [-0.05, 0) is 69.6 Å². The van der Waals surface area contributed by atoms with Gasteiger partial charge in [0.2, 0.25) is 0 Å². The molecule has 1 aromatic carbocycles. The van der Waals surface area contributed by atoms with Crippen LogP contribution in [0.15, 0.2) is 46.8 Å². The van der Waals surface area contributed by atoms with Crippen LogP contribution in [0.1, 0.15) is 64.4 Å². The zero-order valence-electron chi connectivity index (χ0n) is 20.3. The Balaban J connectivity index is 1.78. The predicted molar refractivity (Wildman–Crippen MR) is 126 cm³/mol. The van der Waals surface area contributed by atoms with Crippen LogP contribution in [0, 0.1) is 11.8 Å². The maximum absolute atomic E-state index is 13.7. The van der Waals surface area contributed by atoms with Crippen LogP contribution in [0.25, 0.3) is 0 Å². The summed E-state index contributed by atoms with van der Waals surface area (Å²) < 4.78 is 16.4. The van der Waals surface area contributed by atoms with E-state index in [1.165, 1.54) is 7.11 Å². The first-order valence-corrected chi connectivity index (χ1v) is 12.1. The van der Waals surface area contributed by atoms with Gasteiger partial charge in [0.25, 0.3) is 0 Å². The lowest BCUT2D eigenvalue weighted by Crippen LogP contribution is -2.43. The summed E-state index contributed by atoms with van der Waals surface area (Å²) in [7, 11) is 1.30. The van der Waals surface area contributed by atoms with Crippen molar-refractivity contribution in [2.24, 2.45) is 11.8 Å². The van der Waals surface area contributed by atoms with E-state index in [4.69, 9.17) is 14.2 Å². The van der Waals surface area contributed by atoms with Gasteiger partial charge in [0.1, 0.15) is 17.8 Å². The van der Waals surface area contributed by atoms with Gasteiger partial charge in [0.15, 0.2) is 5.78 Å². The number of benzene rings is 1. The molecule has 0 amide bonds. The van der Waals surface area contributed by atoms with E-state index in [2.05, 4.69) is 5.32 Å². The minimum atomic E-state index is -0.902. The minimum Gasteiger partial charge on any atom is -0.494 e. The molecule has 3 atom stereocenters. The quantitative estimate of drug-likeness (QED) is 0.496. The maximum Gasteiger partial charge on any atom is 0.337 e. The molecule has 1 N–H and O–H groups in total. The first-order chi connectivity index (χ1) is 16.3. The number of carbonyl (C=O) groups is 3. The highest BCUT2D eigenvalue weighted by molar-refractivity contribution is 6.12. The molecule has 7 heteroatoms. The zero-order valence-corrected chi connectivity index (χ0v) is 20.3. The first-order valence-electron chi connectivity index (χ1n) is 12.1. The summed E-state index contributed by atoms with van der Waals surface area (Å²) >= 11 is 0. The van der Waals surface area contributed by atoms with E-state index in [1.54, 1.807) is 0 Å². The Labute approximate surface area is 200 Å². The highest BCUT2D eigenvalue weighted by Gasteiger charge is 2.47. The van der Waals surface area contributed by atoms with Crippen molar-refractivity contribution in [3.63, 3.8) is 0 Å². The SMILES string of the molecule is CCOc1ccc([C@@H]2C(C(=O)OC3CCCC3)=C(C)NC3=C2C(=O)[C@H](C(=O)OC)[C@@H](C)C3)cc1. The van der Waals surface area contributed by atoms with E-state index in [9.17, 15) is 14.4 Å². The van der Waals surface area contributed by atoms with Gasteiger partial charge >= 0.3 is 11.9 Å². The molecule has 0 bridgehead atoms. The van der Waals surface area contributed by atoms with Crippen LogP contribution in [0.2, 0.25) is 0 Å². The van der Waals surface area contributed by atoms with E-state index in [-0.39, 0.29) is 17.8 Å². The number of hydrogen-bond donors (Lipinski definition) is 1. The van der Waals surface area contributed by atoms with Crippen molar-refractivity contribution in [3.05, 3.63) is 52.4 Å². The summed E-state index contributed by atoms with van der Waals surface area (Å²) in [5.41, 5.74) is 3.08. The molecule has 1 aliphatic heterocycles. The van der Waals surface area contributed by atoms with E-state index in [0.717, 1.165) is 36.9 Å². The Morgan fingerprint density at radius 2 is 1.79 bits per heavy atom. The van der Waals surface area contributed by atoms with Crippen LogP contribution in [0.4, 0.5) is 0 Å². The van der Waals surface area contributed by atoms with Crippen LogP contribution in [-0.4, -0.2) is 37.5 Å². The molecule has 0 radical (unpaired) electrons. The number of dihydropyridines is 1. The van der Waals surface area contributed by atoms with Gasteiger partial charge in [-0.2, -0.15) is 0 Å². The van der Waals surface area contributed by atoms with Gasteiger partial charge in [0.05, 0.1) is 19.3 Å². The van der Waals surface area contributed by atoms with Crippen molar-refractivity contribution < 1.29 is 28.6 Å². The number of ketones is 1. The lowest BCUT2D eigenvalue weighted by Gasteiger charge is -2.38. The van der Waals surface area contributed by atoms with Crippen molar-refractivity contribution in [1.29, 1.82) is 0 Å². The molecule has 1 saturated carbocycles. The van der Waals surface area contributed by atoms with Gasteiger partial charge in [-0.1, -0.05) is 19.1 Å². The summed E-state index contributed by atoms with van der Waals surface area (Å²) in [6.45, 7) is 6.17. The Kier molecular flexibility index (Phi) is 7.10. The van der Waals surface area contributed by atoms with Crippen molar-refractivity contribution in [2.45, 2.75) is 64.9 Å². The molecule has 1 aromatic rings. The van der Waals surface area contributed by atoms with Crippen LogP contribution >= 0.6 is 0 Å². The maximum atomic E-state index is 13.7. The second-order valence-corrected chi connectivity index (χ2v) is 9.35. The topological polar surface area (TPSA) is 90.9 Å². The third-order valence-corrected chi connectivity index (χ3v) is 7.06. The summed E-state index contributed by atoms with van der Waals surface area (Å²) in [6.07, 6.45) is 4.21. The lowest BCUT2D eigenvalue weighted by atomic mass is 9.69. The third kappa shape index (κ3) is 4.48. The van der Waals surface area contributed by atoms with E-state index in [1.807, 2.05) is 45.0 Å². The van der Waals surface area contributed by atoms with Crippen molar-refractivity contribution in [1.82, 2.24) is 5.32 Å². The first kappa shape index (κ1) is 24.0. The standard InChI is InChI=1S/C27H33NO6/c1-5-33-18-12-10-17(11-13-18)23-22(27(31)34-19-8-6-7-9-19)16(3)28-20-14-15(2)21(26(30)32-4)25(29)24(20)23/h10-13,15,19,21,23,28H,5-9,14H2,1-4H3/t15-,21+,23+/m0/s1. The molecule has 34 heavy (non-hydrogen) atoms. The number of methoxy groups -OCH3 is 1. The summed E-state index contributed by atoms with van der Waals surface area (Å²) in [6, 6.07) is 7.43. The van der Waals surface area contributed by atoms with Crippen molar-refractivity contribution in [3.8, 4) is 5.75 Å². The molecular formula is C27H33NO6. The lowest BCUT2D eigenvalue weighted by molar-refractivity contribution is -0.151. The van der Waals surface area contributed by atoms with E-state index < -0.39 is 23.8 Å². The fourth-order valence-electron chi connectivity index (χ4n) is 5.43. The molecule has 1 heterocycles. The fourth-order valence-corrected chi connectivity index (χ4v) is 5.43. The molecule has 3 aliphatic rings. The minimum absolute atomic E-state index is 0.103. The average Bonchev–Trinajstić information content (AvgIpc) is 3.31. The molecule has 1 fully saturated rings. The van der Waals surface area contributed by atoms with Crippen LogP contribution in [0.3, 0.4) is 0 Å². The third-order valence-electron chi connectivity index (χ3n) is 7.06. The predicted octanol–water partition coefficient (Wildman–Crippen LogP) is 4.18. The average molecular weight is 468 g/mol. The van der Waals surface area contributed by atoms with Crippen molar-refractivity contribution >= 4 is 17.7 Å². The molecule has 0 saturated heterocycles. The van der Waals surface area contributed by atoms with Gasteiger partial charge < -0.3 is 19.5 Å². The van der Waals surface area contributed by atoms with Crippen LogP contribution < -0.4 is 10.1 Å². The highest BCUT2D eigenvalue weighted by atomic mass is 16.5. The largest absolute Gasteiger partial charge is 0.494 e. The molecule has 182 valence electrons. The Morgan fingerprint density at radius 3 is 2.41 bits per heavy atom. The Morgan fingerprint density at radius 1 is 1.12 bits per heavy atom. The fraction of sp³-hybridized carbons (Fsp3) is 0.519. The van der Waals surface area contributed by atoms with Crippen molar-refractivity contribution in [2.75, 3.05) is 13.7 Å². The number of esters is 2. The molecule has 7 nitrogen and oxygen atoms in total. The molecule has 2 aliphatic carbocycles. The Hall–Kier alpha value is -3.09. The van der Waals surface area contributed by atoms with Gasteiger partial charge in [0, 0.05) is 22.9 Å². The number of ether oxygens (including phenoxy) is 3. The second kappa shape index (κ2) is 10.0. The summed E-state index contributed by atoms with van der Waals surface area (Å²) in [5, 5.41) is 3.30. The number of rotatable bonds is 6. The zero-order chi connectivity index (χ0) is 24.4. The number of carbonyl (C=O) groups excluding carboxylic acids is 3. The summed E-state index contributed by atoms with van der Waals surface area (Å²) in [5.74, 6) is -2.30. The van der Waals surface area contributed by atoms with E-state index >= 15 is 0 Å². The van der Waals surface area contributed by atoms with Gasteiger partial charge in [-0.3, -0.25) is 9.59 Å². The molecular weight excluding hydrogens is 434 g/mol. The van der Waals surface area contributed by atoms with Gasteiger partial charge in [-0.25, -0.2) is 4.79 Å². The monoisotopic (exact) mass is 467 g/mol. The van der Waals surface area contributed by atoms with Crippen LogP contribution in [0.5, 0.6) is 5.75 Å². The van der Waals surface area contributed by atoms with Crippen LogP contribution in [-0.2, 0) is 23.9 Å². The molecule has 0 spiro atoms. The van der Waals surface area contributed by atoms with E-state index in [0.29, 0.717) is 35.6 Å². The highest BCUT2D eigenvalue weighted by Crippen LogP contribution is 2.46. The number of allylic oxidation sites excluding steroid dienone is 3. The molecule has 4 rings (SSSR count). The normalized spacial score (nSPS) is 25.1. The number of hydrogen-bond acceptors (Lipinski definition) is 7. The number of nitrogens with one attached hydrogen (secondary N) is 1. The smallest absolute Gasteiger partial charge is 0.337 e.